The first kappa shape index (κ1) is 26.2. The number of carbonyl (C=O) groups is 2. The van der Waals surface area contributed by atoms with Crippen molar-refractivity contribution in [3.05, 3.63) is 29.3 Å². The van der Waals surface area contributed by atoms with Crippen molar-refractivity contribution in [1.82, 2.24) is 5.32 Å². The summed E-state index contributed by atoms with van der Waals surface area (Å²) in [6.45, 7) is 7.50. The highest BCUT2D eigenvalue weighted by Gasteiger charge is 2.37. The zero-order valence-corrected chi connectivity index (χ0v) is 18.6. The topological polar surface area (TPSA) is 142 Å². The molecule has 170 valence electrons. The van der Waals surface area contributed by atoms with Crippen molar-refractivity contribution in [3.8, 4) is 5.75 Å². The van der Waals surface area contributed by atoms with Gasteiger partial charge in [0.15, 0.2) is 6.10 Å². The zero-order valence-electron chi connectivity index (χ0n) is 17.7. The lowest BCUT2D eigenvalue weighted by Gasteiger charge is -2.34. The molecular formula is C21H33ClN2O6. The Bertz CT molecular complexity index is 742. The van der Waals surface area contributed by atoms with Gasteiger partial charge in [-0.05, 0) is 29.9 Å². The predicted molar refractivity (Wildman–Crippen MR) is 114 cm³/mol. The van der Waals surface area contributed by atoms with Crippen LogP contribution in [0.15, 0.2) is 18.2 Å². The minimum absolute atomic E-state index is 0. The van der Waals surface area contributed by atoms with Gasteiger partial charge in [-0.1, -0.05) is 39.8 Å². The summed E-state index contributed by atoms with van der Waals surface area (Å²) in [5.74, 6) is -1.51. The van der Waals surface area contributed by atoms with E-state index < -0.39 is 42.3 Å². The number of rotatable bonds is 8. The van der Waals surface area contributed by atoms with E-state index in [1.165, 1.54) is 6.07 Å². The van der Waals surface area contributed by atoms with Crippen LogP contribution >= 0.6 is 12.4 Å². The smallest absolute Gasteiger partial charge is 0.342 e. The van der Waals surface area contributed by atoms with Crippen molar-refractivity contribution >= 4 is 24.3 Å². The van der Waals surface area contributed by atoms with E-state index in [2.05, 4.69) is 5.32 Å². The molecule has 1 aliphatic rings. The molecular weight excluding hydrogens is 412 g/mol. The van der Waals surface area contributed by atoms with Crippen molar-refractivity contribution in [2.45, 2.75) is 70.9 Å². The number of nitrogens with one attached hydrogen (secondary N) is 1. The fourth-order valence-corrected chi connectivity index (χ4v) is 3.51. The molecule has 0 aromatic heterocycles. The standard InChI is InChI=1S/C21H32N2O6.ClH/c1-10(2)8-13(23-20(27)19(26)18(25)17(22)11(3)4)15-9-12-6-5-7-14(24)16(12)21(28)29-15;/h5-7,10-11,13,15,17-19,24-26H,8-9,22H2,1-4H3,(H,23,27);1H/t13-,15-,17-,18-,19-;/m0./s1. The van der Waals surface area contributed by atoms with E-state index in [4.69, 9.17) is 10.5 Å². The highest BCUT2D eigenvalue weighted by atomic mass is 35.5. The number of esters is 1. The molecule has 1 aromatic rings. The summed E-state index contributed by atoms with van der Waals surface area (Å²) in [5, 5.41) is 33.1. The minimum atomic E-state index is -1.70. The molecule has 0 fully saturated rings. The van der Waals surface area contributed by atoms with Crippen LogP contribution in [0.3, 0.4) is 0 Å². The Morgan fingerprint density at radius 1 is 1.27 bits per heavy atom. The molecule has 5 atom stereocenters. The Hall–Kier alpha value is -1.87. The van der Waals surface area contributed by atoms with Gasteiger partial charge in [-0.15, -0.1) is 12.4 Å². The van der Waals surface area contributed by atoms with Crippen molar-refractivity contribution in [2.24, 2.45) is 17.6 Å². The largest absolute Gasteiger partial charge is 0.507 e. The second-order valence-electron chi connectivity index (χ2n) is 8.46. The molecule has 0 unspecified atom stereocenters. The van der Waals surface area contributed by atoms with E-state index in [1.54, 1.807) is 26.0 Å². The Morgan fingerprint density at radius 3 is 2.47 bits per heavy atom. The van der Waals surface area contributed by atoms with Gasteiger partial charge in [-0.3, -0.25) is 4.79 Å². The number of fused-ring (bicyclic) bond motifs is 1. The van der Waals surface area contributed by atoms with Crippen LogP contribution in [-0.4, -0.2) is 57.6 Å². The van der Waals surface area contributed by atoms with Gasteiger partial charge in [0.2, 0.25) is 0 Å². The molecule has 1 amide bonds. The molecule has 2 rings (SSSR count). The second kappa shape index (κ2) is 10.9. The number of aromatic hydroxyl groups is 1. The predicted octanol–water partition coefficient (Wildman–Crippen LogP) is 1.13. The molecule has 9 heteroatoms. The summed E-state index contributed by atoms with van der Waals surface area (Å²) in [6.07, 6.45) is -2.96. The number of carbonyl (C=O) groups excluding carboxylic acids is 2. The van der Waals surface area contributed by atoms with Crippen LogP contribution in [-0.2, 0) is 16.0 Å². The summed E-state index contributed by atoms with van der Waals surface area (Å²) in [5.41, 5.74) is 6.63. The van der Waals surface area contributed by atoms with Gasteiger partial charge in [-0.25, -0.2) is 4.79 Å². The average Bonchev–Trinajstić information content (AvgIpc) is 2.64. The zero-order chi connectivity index (χ0) is 21.9. The highest BCUT2D eigenvalue weighted by molar-refractivity contribution is 5.95. The van der Waals surface area contributed by atoms with E-state index in [-0.39, 0.29) is 35.6 Å². The number of hydrogen-bond acceptors (Lipinski definition) is 7. The van der Waals surface area contributed by atoms with Crippen LogP contribution in [0.1, 0.15) is 50.0 Å². The van der Waals surface area contributed by atoms with Gasteiger partial charge in [0, 0.05) is 12.5 Å². The summed E-state index contributed by atoms with van der Waals surface area (Å²) >= 11 is 0. The molecule has 30 heavy (non-hydrogen) atoms. The number of ether oxygens (including phenoxy) is 1. The molecule has 0 bridgehead atoms. The van der Waals surface area contributed by atoms with Crippen molar-refractivity contribution in [3.63, 3.8) is 0 Å². The van der Waals surface area contributed by atoms with Gasteiger partial charge in [0.25, 0.3) is 5.91 Å². The Balaban J connectivity index is 0.00000450. The Labute approximate surface area is 183 Å². The summed E-state index contributed by atoms with van der Waals surface area (Å²) < 4.78 is 5.50. The maximum absolute atomic E-state index is 12.6. The number of amides is 1. The van der Waals surface area contributed by atoms with Crippen molar-refractivity contribution in [1.29, 1.82) is 0 Å². The number of cyclic esters (lactones) is 1. The summed E-state index contributed by atoms with van der Waals surface area (Å²) in [4.78, 5) is 25.0. The third kappa shape index (κ3) is 6.07. The normalized spacial score (nSPS) is 19.9. The molecule has 1 aromatic carbocycles. The molecule has 0 aliphatic carbocycles. The third-order valence-electron chi connectivity index (χ3n) is 5.27. The number of aliphatic hydroxyl groups is 2. The van der Waals surface area contributed by atoms with Crippen LogP contribution < -0.4 is 11.1 Å². The molecule has 0 spiro atoms. The maximum atomic E-state index is 12.6. The van der Waals surface area contributed by atoms with Gasteiger partial charge in [0.1, 0.15) is 23.5 Å². The number of nitrogens with two attached hydrogens (primary N) is 1. The SMILES string of the molecule is CC(C)C[C@H](NC(=O)[C@@H](O)[C@@H](O)[C@@H](N)C(C)C)[C@@H]1Cc2cccc(O)c2C(=O)O1.Cl. The number of benzene rings is 1. The van der Waals surface area contributed by atoms with Crippen LogP contribution in [0.4, 0.5) is 0 Å². The van der Waals surface area contributed by atoms with E-state index in [0.717, 1.165) is 0 Å². The van der Waals surface area contributed by atoms with Gasteiger partial charge < -0.3 is 31.1 Å². The first-order valence-electron chi connectivity index (χ1n) is 9.96. The van der Waals surface area contributed by atoms with Crippen molar-refractivity contribution < 1.29 is 29.6 Å². The van der Waals surface area contributed by atoms with E-state index in [1.807, 2.05) is 13.8 Å². The monoisotopic (exact) mass is 444 g/mol. The molecule has 0 saturated heterocycles. The quantitative estimate of drug-likeness (QED) is 0.378. The van der Waals surface area contributed by atoms with Gasteiger partial charge in [-0.2, -0.15) is 0 Å². The van der Waals surface area contributed by atoms with E-state index >= 15 is 0 Å². The fourth-order valence-electron chi connectivity index (χ4n) is 3.51. The van der Waals surface area contributed by atoms with E-state index in [0.29, 0.717) is 18.4 Å². The Morgan fingerprint density at radius 2 is 1.90 bits per heavy atom. The van der Waals surface area contributed by atoms with Gasteiger partial charge >= 0.3 is 5.97 Å². The summed E-state index contributed by atoms with van der Waals surface area (Å²) in [7, 11) is 0. The summed E-state index contributed by atoms with van der Waals surface area (Å²) in [6, 6.07) is 3.47. The number of aliphatic hydroxyl groups excluding tert-OH is 2. The minimum Gasteiger partial charge on any atom is -0.507 e. The molecule has 0 radical (unpaired) electrons. The third-order valence-corrected chi connectivity index (χ3v) is 5.27. The van der Waals surface area contributed by atoms with E-state index in [9.17, 15) is 24.9 Å². The molecule has 6 N–H and O–H groups in total. The number of phenolic OH excluding ortho intramolecular Hbond substituents is 1. The Kier molecular flexibility index (Phi) is 9.55. The molecule has 1 heterocycles. The van der Waals surface area contributed by atoms with Crippen molar-refractivity contribution in [2.75, 3.05) is 0 Å². The first-order chi connectivity index (χ1) is 13.5. The average molecular weight is 445 g/mol. The fraction of sp³-hybridized carbons (Fsp3) is 0.619. The molecule has 8 nitrogen and oxygen atoms in total. The second-order valence-corrected chi connectivity index (χ2v) is 8.46. The van der Waals surface area contributed by atoms with Gasteiger partial charge in [0.05, 0.1) is 6.04 Å². The lowest BCUT2D eigenvalue weighted by Crippen LogP contribution is -2.56. The first-order valence-corrected chi connectivity index (χ1v) is 9.96. The van der Waals surface area contributed by atoms with Crippen LogP contribution in [0, 0.1) is 11.8 Å². The lowest BCUT2D eigenvalue weighted by molar-refractivity contribution is -0.138. The van der Waals surface area contributed by atoms with Crippen LogP contribution in [0.2, 0.25) is 0 Å². The number of phenols is 1. The molecule has 0 saturated carbocycles. The van der Waals surface area contributed by atoms with Crippen LogP contribution in [0.25, 0.3) is 0 Å². The molecule has 1 aliphatic heterocycles. The highest BCUT2D eigenvalue weighted by Crippen LogP contribution is 2.30. The number of halogens is 1. The van der Waals surface area contributed by atoms with Crippen LogP contribution in [0.5, 0.6) is 5.75 Å². The maximum Gasteiger partial charge on any atom is 0.342 e. The number of hydrogen-bond donors (Lipinski definition) is 5. The lowest BCUT2D eigenvalue weighted by atomic mass is 9.90.